The predicted molar refractivity (Wildman–Crippen MR) is 133 cm³/mol. The van der Waals surface area contributed by atoms with Crippen molar-refractivity contribution in [2.24, 2.45) is 0 Å². The standard InChI is InChI=1S/C30H34/c1-5-8-10-11-12-13-25-16-18-26(19-17-25)23(4)30-28(14-9-6-2)22-27-20-15-24(7-3)21-29(27)30/h7,15-21H,3-6,8-11,14,22H2,1-2H3. The second-order valence-corrected chi connectivity index (χ2v) is 8.19. The smallest absolute Gasteiger partial charge is 0.0245 e. The van der Waals surface area contributed by atoms with Crippen LogP contribution in [0.25, 0.3) is 17.2 Å². The van der Waals surface area contributed by atoms with Gasteiger partial charge >= 0.3 is 0 Å². The van der Waals surface area contributed by atoms with Crippen LogP contribution in [-0.4, -0.2) is 0 Å². The van der Waals surface area contributed by atoms with E-state index in [1.807, 2.05) is 6.08 Å². The fraction of sp³-hybridized carbons (Fsp3) is 0.333. The van der Waals surface area contributed by atoms with Crippen molar-refractivity contribution in [3.8, 4) is 11.8 Å². The molecule has 0 saturated carbocycles. The van der Waals surface area contributed by atoms with Crippen molar-refractivity contribution < 1.29 is 0 Å². The van der Waals surface area contributed by atoms with Gasteiger partial charge in [-0.1, -0.05) is 94.0 Å². The third-order valence-corrected chi connectivity index (χ3v) is 5.90. The fourth-order valence-corrected chi connectivity index (χ4v) is 4.12. The average Bonchev–Trinajstić information content (AvgIpc) is 3.14. The van der Waals surface area contributed by atoms with Gasteiger partial charge in [-0.15, -0.1) is 0 Å². The molecule has 0 heteroatoms. The number of hydrogen-bond donors (Lipinski definition) is 0. The minimum atomic E-state index is 0.985. The van der Waals surface area contributed by atoms with E-state index in [0.29, 0.717) is 0 Å². The van der Waals surface area contributed by atoms with Crippen LogP contribution < -0.4 is 0 Å². The fourth-order valence-electron chi connectivity index (χ4n) is 4.12. The van der Waals surface area contributed by atoms with Crippen molar-refractivity contribution in [1.29, 1.82) is 0 Å². The summed E-state index contributed by atoms with van der Waals surface area (Å²) in [5.41, 5.74) is 10.2. The van der Waals surface area contributed by atoms with E-state index in [1.54, 1.807) is 0 Å². The Morgan fingerprint density at radius 1 is 1.00 bits per heavy atom. The quantitative estimate of drug-likeness (QED) is 0.295. The maximum Gasteiger partial charge on any atom is 0.0245 e. The highest BCUT2D eigenvalue weighted by molar-refractivity contribution is 6.07. The molecule has 0 spiro atoms. The first-order valence-corrected chi connectivity index (χ1v) is 11.4. The number of allylic oxidation sites excluding steroid dienone is 3. The van der Waals surface area contributed by atoms with Crippen LogP contribution >= 0.6 is 0 Å². The summed E-state index contributed by atoms with van der Waals surface area (Å²) in [6.45, 7) is 13.0. The number of unbranched alkanes of at least 4 members (excludes halogenated alkanes) is 4. The van der Waals surface area contributed by atoms with Crippen LogP contribution in [0.2, 0.25) is 0 Å². The molecule has 2 aromatic carbocycles. The number of fused-ring (bicyclic) bond motifs is 1. The predicted octanol–water partition coefficient (Wildman–Crippen LogP) is 8.47. The molecule has 3 rings (SSSR count). The number of hydrogen-bond acceptors (Lipinski definition) is 0. The van der Waals surface area contributed by atoms with Gasteiger partial charge in [-0.3, -0.25) is 0 Å². The highest BCUT2D eigenvalue weighted by atomic mass is 14.3. The molecular formula is C30H34. The Labute approximate surface area is 183 Å². The molecule has 2 aromatic rings. The Morgan fingerprint density at radius 3 is 2.47 bits per heavy atom. The molecule has 0 nitrogen and oxygen atoms in total. The summed E-state index contributed by atoms with van der Waals surface area (Å²) in [6.07, 6.45) is 11.2. The van der Waals surface area contributed by atoms with Crippen LogP contribution in [0.15, 0.2) is 61.2 Å². The van der Waals surface area contributed by atoms with Gasteiger partial charge in [0.2, 0.25) is 0 Å². The van der Waals surface area contributed by atoms with Crippen molar-refractivity contribution in [2.45, 2.75) is 65.2 Å². The molecule has 0 radical (unpaired) electrons. The molecule has 30 heavy (non-hydrogen) atoms. The first kappa shape index (κ1) is 21.9. The minimum Gasteiger partial charge on any atom is -0.0985 e. The van der Waals surface area contributed by atoms with Gasteiger partial charge < -0.3 is 0 Å². The summed E-state index contributed by atoms with van der Waals surface area (Å²) >= 11 is 0. The summed E-state index contributed by atoms with van der Waals surface area (Å²) in [6, 6.07) is 15.3. The summed E-state index contributed by atoms with van der Waals surface area (Å²) in [5, 5.41) is 0. The lowest BCUT2D eigenvalue weighted by Crippen LogP contribution is -1.92. The van der Waals surface area contributed by atoms with E-state index < -0.39 is 0 Å². The minimum absolute atomic E-state index is 0.985. The zero-order chi connectivity index (χ0) is 21.3. The normalized spacial score (nSPS) is 12.3. The lowest BCUT2D eigenvalue weighted by atomic mass is 9.91. The molecule has 0 fully saturated rings. The van der Waals surface area contributed by atoms with E-state index in [9.17, 15) is 0 Å². The molecule has 0 aliphatic heterocycles. The third kappa shape index (κ3) is 5.22. The Kier molecular flexibility index (Phi) is 7.92. The zero-order valence-electron chi connectivity index (χ0n) is 18.7. The van der Waals surface area contributed by atoms with E-state index in [1.165, 1.54) is 65.5 Å². The maximum atomic E-state index is 4.53. The molecule has 0 atom stereocenters. The van der Waals surface area contributed by atoms with E-state index in [0.717, 1.165) is 30.4 Å². The molecule has 0 amide bonds. The van der Waals surface area contributed by atoms with E-state index in [-0.39, 0.29) is 0 Å². The largest absolute Gasteiger partial charge is 0.0985 e. The summed E-state index contributed by atoms with van der Waals surface area (Å²) in [5.74, 6) is 6.61. The van der Waals surface area contributed by atoms with Crippen LogP contribution in [0, 0.1) is 11.8 Å². The third-order valence-electron chi connectivity index (χ3n) is 5.90. The molecule has 1 aliphatic carbocycles. The van der Waals surface area contributed by atoms with Crippen LogP contribution in [0.3, 0.4) is 0 Å². The molecule has 0 aromatic heterocycles. The molecule has 0 bridgehead atoms. The van der Waals surface area contributed by atoms with E-state index >= 15 is 0 Å². The van der Waals surface area contributed by atoms with Crippen LogP contribution in [0.4, 0.5) is 0 Å². The highest BCUT2D eigenvalue weighted by Crippen LogP contribution is 2.43. The Balaban J connectivity index is 1.85. The van der Waals surface area contributed by atoms with Crippen LogP contribution in [0.5, 0.6) is 0 Å². The molecule has 0 heterocycles. The van der Waals surface area contributed by atoms with Gasteiger partial charge in [0, 0.05) is 12.0 Å². The van der Waals surface area contributed by atoms with Crippen LogP contribution in [-0.2, 0) is 6.42 Å². The van der Waals surface area contributed by atoms with Crippen molar-refractivity contribution in [3.63, 3.8) is 0 Å². The Hall–Kier alpha value is -2.78. The number of rotatable bonds is 9. The SMILES string of the molecule is C=Cc1ccc2c(c1)C(C(=C)c1ccc(C#CCCCCC)cc1)=C(CCCC)C2. The monoisotopic (exact) mass is 394 g/mol. The van der Waals surface area contributed by atoms with E-state index in [2.05, 4.69) is 81.3 Å². The molecular weight excluding hydrogens is 360 g/mol. The lowest BCUT2D eigenvalue weighted by molar-refractivity contribution is 0.737. The van der Waals surface area contributed by atoms with Gasteiger partial charge in [-0.2, -0.15) is 0 Å². The molecule has 0 saturated heterocycles. The van der Waals surface area contributed by atoms with E-state index in [4.69, 9.17) is 0 Å². The molecule has 154 valence electrons. The Bertz CT molecular complexity index is 987. The Morgan fingerprint density at radius 2 is 1.77 bits per heavy atom. The second-order valence-electron chi connectivity index (χ2n) is 8.19. The van der Waals surface area contributed by atoms with Gasteiger partial charge in [0.25, 0.3) is 0 Å². The summed E-state index contributed by atoms with van der Waals surface area (Å²) in [7, 11) is 0. The van der Waals surface area contributed by atoms with Crippen molar-refractivity contribution in [1.82, 2.24) is 0 Å². The van der Waals surface area contributed by atoms with Crippen molar-refractivity contribution in [2.75, 3.05) is 0 Å². The van der Waals surface area contributed by atoms with Gasteiger partial charge in [-0.25, -0.2) is 0 Å². The second kappa shape index (κ2) is 10.8. The van der Waals surface area contributed by atoms with Crippen LogP contribution in [0.1, 0.15) is 86.6 Å². The summed E-state index contributed by atoms with van der Waals surface area (Å²) in [4.78, 5) is 0. The first-order valence-electron chi connectivity index (χ1n) is 11.4. The number of benzene rings is 2. The topological polar surface area (TPSA) is 0 Å². The van der Waals surface area contributed by atoms with Gasteiger partial charge in [0.1, 0.15) is 0 Å². The summed E-state index contributed by atoms with van der Waals surface area (Å²) < 4.78 is 0. The average molecular weight is 395 g/mol. The first-order chi connectivity index (χ1) is 14.7. The van der Waals surface area contributed by atoms with Gasteiger partial charge in [0.05, 0.1) is 0 Å². The molecule has 0 N–H and O–H groups in total. The van der Waals surface area contributed by atoms with Gasteiger partial charge in [0.15, 0.2) is 0 Å². The maximum absolute atomic E-state index is 4.53. The van der Waals surface area contributed by atoms with Gasteiger partial charge in [-0.05, 0) is 77.3 Å². The van der Waals surface area contributed by atoms with Crippen molar-refractivity contribution in [3.05, 3.63) is 89.0 Å². The molecule has 0 unspecified atom stereocenters. The molecule has 1 aliphatic rings. The zero-order valence-corrected chi connectivity index (χ0v) is 18.7. The lowest BCUT2D eigenvalue weighted by Gasteiger charge is -2.13. The highest BCUT2D eigenvalue weighted by Gasteiger charge is 2.23. The van der Waals surface area contributed by atoms with Crippen molar-refractivity contribution >= 4 is 17.2 Å².